The van der Waals surface area contributed by atoms with Crippen molar-refractivity contribution in [3.8, 4) is 0 Å². The van der Waals surface area contributed by atoms with Gasteiger partial charge >= 0.3 is 0 Å². The summed E-state index contributed by atoms with van der Waals surface area (Å²) in [5.41, 5.74) is 2.75. The van der Waals surface area contributed by atoms with Crippen molar-refractivity contribution in [2.75, 3.05) is 0 Å². The van der Waals surface area contributed by atoms with Crippen molar-refractivity contribution in [3.05, 3.63) is 35.5 Å². The fourth-order valence-corrected chi connectivity index (χ4v) is 0.919. The van der Waals surface area contributed by atoms with E-state index in [1.807, 2.05) is 0 Å². The highest BCUT2D eigenvalue weighted by atomic mass is 14.0. The van der Waals surface area contributed by atoms with E-state index in [0.717, 1.165) is 0 Å². The van der Waals surface area contributed by atoms with Crippen LogP contribution in [-0.2, 0) is 0 Å². The van der Waals surface area contributed by atoms with Gasteiger partial charge in [-0.15, -0.1) is 0 Å². The van der Waals surface area contributed by atoms with Gasteiger partial charge in [0.2, 0.25) is 0 Å². The average Bonchev–Trinajstić information content (AvgIpc) is 2.04. The summed E-state index contributed by atoms with van der Waals surface area (Å²) in [5.74, 6) is 0.590. The van der Waals surface area contributed by atoms with Crippen molar-refractivity contribution >= 4 is 0 Å². The Morgan fingerprint density at radius 1 is 1.00 bits per heavy atom. The summed E-state index contributed by atoms with van der Waals surface area (Å²) in [5, 5.41) is 0. The Morgan fingerprint density at radius 2 is 1.40 bits per heavy atom. The topological polar surface area (TPSA) is 0 Å². The van der Waals surface area contributed by atoms with E-state index in [-0.39, 0.29) is 0 Å². The van der Waals surface area contributed by atoms with Crippen molar-refractivity contribution in [2.24, 2.45) is 5.92 Å². The van der Waals surface area contributed by atoms with Crippen LogP contribution in [0.2, 0.25) is 0 Å². The van der Waals surface area contributed by atoms with Gasteiger partial charge in [-0.3, -0.25) is 0 Å². The van der Waals surface area contributed by atoms with E-state index < -0.39 is 0 Å². The van der Waals surface area contributed by atoms with E-state index in [1.165, 1.54) is 11.1 Å². The second kappa shape index (κ2) is 2.87. The molecule has 0 saturated carbocycles. The Morgan fingerprint density at radius 3 is 1.80 bits per heavy atom. The zero-order chi connectivity index (χ0) is 7.56. The van der Waals surface area contributed by atoms with E-state index in [4.69, 9.17) is 0 Å². The van der Waals surface area contributed by atoms with Gasteiger partial charge in [-0.2, -0.15) is 0 Å². The lowest BCUT2D eigenvalue weighted by Gasteiger charge is -1.92. The van der Waals surface area contributed by atoms with Crippen LogP contribution in [0.1, 0.15) is 20.8 Å². The van der Waals surface area contributed by atoms with Crippen LogP contribution in [0.4, 0.5) is 0 Å². The van der Waals surface area contributed by atoms with Crippen LogP contribution in [0, 0.1) is 5.92 Å². The third-order valence-electron chi connectivity index (χ3n) is 1.92. The highest BCUT2D eigenvalue weighted by Crippen LogP contribution is 2.14. The summed E-state index contributed by atoms with van der Waals surface area (Å²) in [7, 11) is 0. The molecule has 0 amide bonds. The van der Waals surface area contributed by atoms with Crippen molar-refractivity contribution in [3.63, 3.8) is 0 Å². The third kappa shape index (κ3) is 1.60. The molecule has 0 heterocycles. The lowest BCUT2D eigenvalue weighted by atomic mass is 10.1. The molecule has 0 atom stereocenters. The predicted molar refractivity (Wildman–Crippen MR) is 45.8 cm³/mol. The second-order valence-corrected chi connectivity index (χ2v) is 2.94. The first kappa shape index (κ1) is 7.33. The molecular weight excluding hydrogens is 120 g/mol. The molecule has 0 aromatic rings. The normalized spacial score (nSPS) is 19.9. The quantitative estimate of drug-likeness (QED) is 0.477. The van der Waals surface area contributed by atoms with E-state index in [2.05, 4.69) is 45.1 Å². The van der Waals surface area contributed by atoms with Crippen LogP contribution in [-0.4, -0.2) is 0 Å². The average molecular weight is 134 g/mol. The van der Waals surface area contributed by atoms with Gasteiger partial charge in [0, 0.05) is 0 Å². The first-order valence-electron chi connectivity index (χ1n) is 3.74. The highest BCUT2D eigenvalue weighted by molar-refractivity contribution is 5.33. The first-order valence-corrected chi connectivity index (χ1v) is 3.74. The van der Waals surface area contributed by atoms with E-state index >= 15 is 0 Å². The van der Waals surface area contributed by atoms with E-state index in [0.29, 0.717) is 5.92 Å². The van der Waals surface area contributed by atoms with Gasteiger partial charge in [-0.1, -0.05) is 31.2 Å². The standard InChI is InChI=1S/C10H14/c1-8-4-6-9(2)10(3)7-5-8/h4-8H,1-3H3. The summed E-state index contributed by atoms with van der Waals surface area (Å²) in [6, 6.07) is 0. The minimum absolute atomic E-state index is 0.590. The molecule has 0 radical (unpaired) electrons. The summed E-state index contributed by atoms with van der Waals surface area (Å²) < 4.78 is 0. The number of rotatable bonds is 0. The summed E-state index contributed by atoms with van der Waals surface area (Å²) in [4.78, 5) is 0. The Bertz CT molecular complexity index is 182. The molecule has 0 unspecified atom stereocenters. The van der Waals surface area contributed by atoms with Gasteiger partial charge in [-0.25, -0.2) is 0 Å². The van der Waals surface area contributed by atoms with Gasteiger partial charge < -0.3 is 0 Å². The highest BCUT2D eigenvalue weighted by Gasteiger charge is 1.96. The first-order chi connectivity index (χ1) is 4.70. The molecule has 0 aromatic heterocycles. The molecule has 0 heteroatoms. The fourth-order valence-electron chi connectivity index (χ4n) is 0.919. The van der Waals surface area contributed by atoms with Crippen molar-refractivity contribution in [1.82, 2.24) is 0 Å². The monoisotopic (exact) mass is 134 g/mol. The molecule has 54 valence electrons. The molecule has 0 spiro atoms. The van der Waals surface area contributed by atoms with Crippen LogP contribution < -0.4 is 0 Å². The molecule has 1 rings (SSSR count). The third-order valence-corrected chi connectivity index (χ3v) is 1.92. The summed E-state index contributed by atoms with van der Waals surface area (Å²) in [6.07, 6.45) is 8.84. The molecule has 0 aromatic carbocycles. The maximum absolute atomic E-state index is 2.22. The van der Waals surface area contributed by atoms with Crippen LogP contribution in [0.15, 0.2) is 35.5 Å². The number of hydrogen-bond acceptors (Lipinski definition) is 0. The van der Waals surface area contributed by atoms with Crippen LogP contribution in [0.3, 0.4) is 0 Å². The molecule has 0 fully saturated rings. The SMILES string of the molecule is CC1=C(C)C=CC(C)C=C1. The Balaban J connectivity index is 2.91. The van der Waals surface area contributed by atoms with Crippen molar-refractivity contribution in [1.29, 1.82) is 0 Å². The lowest BCUT2D eigenvalue weighted by Crippen LogP contribution is -1.78. The van der Waals surface area contributed by atoms with Crippen LogP contribution in [0.25, 0.3) is 0 Å². The van der Waals surface area contributed by atoms with Crippen molar-refractivity contribution in [2.45, 2.75) is 20.8 Å². The smallest absolute Gasteiger partial charge is 0.00754 e. The second-order valence-electron chi connectivity index (χ2n) is 2.94. The van der Waals surface area contributed by atoms with Crippen LogP contribution in [0.5, 0.6) is 0 Å². The predicted octanol–water partition coefficient (Wildman–Crippen LogP) is 3.08. The minimum atomic E-state index is 0.590. The summed E-state index contributed by atoms with van der Waals surface area (Å²) in [6.45, 7) is 6.49. The largest absolute Gasteiger partial charge is 0.0776 e. The van der Waals surface area contributed by atoms with Gasteiger partial charge in [-0.05, 0) is 30.9 Å². The maximum Gasteiger partial charge on any atom is -0.00754 e. The maximum atomic E-state index is 2.22. The van der Waals surface area contributed by atoms with Crippen molar-refractivity contribution < 1.29 is 0 Å². The number of allylic oxidation sites excluding steroid dienone is 6. The molecule has 0 nitrogen and oxygen atoms in total. The van der Waals surface area contributed by atoms with Gasteiger partial charge in [0.05, 0.1) is 0 Å². The zero-order valence-corrected chi connectivity index (χ0v) is 6.89. The molecule has 1 aliphatic rings. The van der Waals surface area contributed by atoms with Gasteiger partial charge in [0.25, 0.3) is 0 Å². The number of hydrogen-bond donors (Lipinski definition) is 0. The lowest BCUT2D eigenvalue weighted by molar-refractivity contribution is 0.941. The minimum Gasteiger partial charge on any atom is -0.0776 e. The van der Waals surface area contributed by atoms with E-state index in [1.54, 1.807) is 0 Å². The fraction of sp³-hybridized carbons (Fsp3) is 0.400. The Labute approximate surface area is 62.9 Å². The molecular formula is C10H14. The molecule has 10 heavy (non-hydrogen) atoms. The van der Waals surface area contributed by atoms with Gasteiger partial charge in [0.1, 0.15) is 0 Å². The zero-order valence-electron chi connectivity index (χ0n) is 6.89. The molecule has 0 N–H and O–H groups in total. The Kier molecular flexibility index (Phi) is 2.10. The van der Waals surface area contributed by atoms with E-state index in [9.17, 15) is 0 Å². The molecule has 0 bridgehead atoms. The Hall–Kier alpha value is -0.780. The molecule has 0 aliphatic heterocycles. The molecule has 1 aliphatic carbocycles. The van der Waals surface area contributed by atoms with Gasteiger partial charge in [0.15, 0.2) is 0 Å². The van der Waals surface area contributed by atoms with Crippen LogP contribution >= 0.6 is 0 Å². The summed E-state index contributed by atoms with van der Waals surface area (Å²) >= 11 is 0. The molecule has 0 saturated heterocycles.